The van der Waals surface area contributed by atoms with Gasteiger partial charge < -0.3 is 18.7 Å². The molecule has 32 heavy (non-hydrogen) atoms. The topological polar surface area (TPSA) is 82.8 Å². The van der Waals surface area contributed by atoms with E-state index in [2.05, 4.69) is 36.6 Å². The van der Waals surface area contributed by atoms with Gasteiger partial charge in [-0.2, -0.15) is 10.5 Å². The van der Waals surface area contributed by atoms with Gasteiger partial charge in [0.15, 0.2) is 6.29 Å². The van der Waals surface area contributed by atoms with Crippen LogP contribution in [0, 0.1) is 5.92 Å². The highest BCUT2D eigenvalue weighted by atomic mass is 32.2. The van der Waals surface area contributed by atoms with E-state index in [0.29, 0.717) is 18.4 Å². The predicted octanol–water partition coefficient (Wildman–Crippen LogP) is 4.73. The maximum Gasteiger partial charge on any atom is 0.241 e. The molecule has 7 nitrogen and oxygen atoms in total. The van der Waals surface area contributed by atoms with E-state index in [0.717, 1.165) is 63.4 Å². The van der Waals surface area contributed by atoms with Crippen LogP contribution in [0.3, 0.4) is 0 Å². The van der Waals surface area contributed by atoms with Gasteiger partial charge in [-0.3, -0.25) is 10.1 Å². The Morgan fingerprint density at radius 3 is 2.62 bits per heavy atom. The van der Waals surface area contributed by atoms with Crippen LogP contribution < -0.4 is 5.32 Å². The lowest BCUT2D eigenvalue weighted by Gasteiger charge is -2.32. The van der Waals surface area contributed by atoms with Crippen LogP contribution in [0.15, 0.2) is 10.6 Å². The normalized spacial score (nSPS) is 22.1. The quantitative estimate of drug-likeness (QED) is 0.528. The van der Waals surface area contributed by atoms with Gasteiger partial charge in [0, 0.05) is 31.3 Å². The second-order valence-corrected chi connectivity index (χ2v) is 12.6. The van der Waals surface area contributed by atoms with Gasteiger partial charge in [0.1, 0.15) is 0 Å². The third-order valence-corrected chi connectivity index (χ3v) is 9.35. The fraction of sp³-hybridized carbons (Fsp3) is 0.792. The Morgan fingerprint density at radius 1 is 1.22 bits per heavy atom. The maximum atomic E-state index is 13.2. The van der Waals surface area contributed by atoms with Gasteiger partial charge in [0.25, 0.3) is 0 Å². The molecule has 2 unspecified atom stereocenters. The fourth-order valence-corrected chi connectivity index (χ4v) is 6.35. The van der Waals surface area contributed by atoms with Gasteiger partial charge in [-0.15, -0.1) is 0 Å². The Morgan fingerprint density at radius 2 is 1.97 bits per heavy atom. The summed E-state index contributed by atoms with van der Waals surface area (Å²) in [4.78, 5) is 13.2. The van der Waals surface area contributed by atoms with E-state index in [4.69, 9.17) is 18.7 Å². The van der Waals surface area contributed by atoms with Gasteiger partial charge in [-0.25, -0.2) is 0 Å². The molecule has 0 aromatic carbocycles. The van der Waals surface area contributed by atoms with Crippen LogP contribution in [0.25, 0.3) is 0 Å². The lowest BCUT2D eigenvalue weighted by molar-refractivity contribution is -0.170. The van der Waals surface area contributed by atoms with Crippen molar-refractivity contribution in [1.29, 1.82) is 0 Å². The van der Waals surface area contributed by atoms with Crippen molar-refractivity contribution >= 4 is 27.6 Å². The molecule has 0 aliphatic carbocycles. The Balaban J connectivity index is 1.58. The van der Waals surface area contributed by atoms with Crippen LogP contribution in [0.1, 0.15) is 72.4 Å². The van der Waals surface area contributed by atoms with E-state index in [1.807, 2.05) is 19.9 Å². The molecule has 2 saturated heterocycles. The molecule has 2 fully saturated rings. The van der Waals surface area contributed by atoms with Crippen molar-refractivity contribution in [3.63, 3.8) is 0 Å². The molecule has 182 valence electrons. The zero-order valence-electron chi connectivity index (χ0n) is 20.3. The number of amides is 1. The van der Waals surface area contributed by atoms with E-state index in [9.17, 15) is 4.79 Å². The zero-order chi connectivity index (χ0) is 23.2. The van der Waals surface area contributed by atoms with Gasteiger partial charge in [-0.1, -0.05) is 24.4 Å². The van der Waals surface area contributed by atoms with E-state index in [-0.39, 0.29) is 28.1 Å². The van der Waals surface area contributed by atoms with Gasteiger partial charge >= 0.3 is 0 Å². The molecule has 3 rings (SSSR count). The first-order chi connectivity index (χ1) is 15.2. The highest BCUT2D eigenvalue weighted by Crippen LogP contribution is 2.37. The summed E-state index contributed by atoms with van der Waals surface area (Å²) in [5.41, 5.74) is 0.400. The Bertz CT molecular complexity index is 777. The van der Waals surface area contributed by atoms with Crippen molar-refractivity contribution in [3.05, 3.63) is 11.8 Å². The molecule has 1 N–H and O–H groups in total. The minimum absolute atomic E-state index is 0.0432. The molecule has 1 aromatic heterocycles. The minimum atomic E-state index is -0.531. The van der Waals surface area contributed by atoms with Crippen molar-refractivity contribution in [3.8, 4) is 0 Å². The van der Waals surface area contributed by atoms with Crippen molar-refractivity contribution in [2.24, 2.45) is 5.92 Å². The van der Waals surface area contributed by atoms with Gasteiger partial charge in [0.2, 0.25) is 11.8 Å². The Hall–Kier alpha value is -1.22. The number of aromatic nitrogens is 1. The summed E-state index contributed by atoms with van der Waals surface area (Å²) in [6.45, 7) is 13.1. The molecule has 0 saturated carbocycles. The second-order valence-electron chi connectivity index (χ2n) is 9.92. The summed E-state index contributed by atoms with van der Waals surface area (Å²) in [6, 6.07) is 1.81. The summed E-state index contributed by atoms with van der Waals surface area (Å²) >= 11 is 0. The highest BCUT2D eigenvalue weighted by molar-refractivity contribution is 8.16. The minimum Gasteiger partial charge on any atom is -0.381 e. The lowest BCUT2D eigenvalue weighted by Crippen LogP contribution is -2.37. The first-order valence-electron chi connectivity index (χ1n) is 11.8. The SMILES string of the molecule is C/C=S(\CC1CCOCC1)C(C)(C)C(=O)Nc1cc(C(C)(C)COC2CCCCO2)no1. The first kappa shape index (κ1) is 25.4. The highest BCUT2D eigenvalue weighted by Gasteiger charge is 2.34. The number of anilines is 1. The molecule has 3 heterocycles. The number of nitrogens with zero attached hydrogens (tertiary/aromatic N) is 1. The number of hydrogen-bond acceptors (Lipinski definition) is 6. The average molecular weight is 469 g/mol. The number of hydrogen-bond donors (Lipinski definition) is 1. The number of rotatable bonds is 9. The van der Waals surface area contributed by atoms with E-state index in [1.54, 1.807) is 0 Å². The van der Waals surface area contributed by atoms with Crippen LogP contribution in [0.4, 0.5) is 5.88 Å². The van der Waals surface area contributed by atoms with Crippen molar-refractivity contribution < 1.29 is 23.5 Å². The molecule has 0 spiro atoms. The average Bonchev–Trinajstić information content (AvgIpc) is 3.27. The van der Waals surface area contributed by atoms with Crippen LogP contribution >= 0.6 is 10.5 Å². The second kappa shape index (κ2) is 11.3. The molecular formula is C24H40N2O5S. The smallest absolute Gasteiger partial charge is 0.241 e. The molecule has 2 aliphatic heterocycles. The number of carbonyl (C=O) groups is 1. The standard InChI is InChI=1S/C24H40N2O5S/c1-6-32(16-18-10-13-28-14-11-18)24(4,5)22(27)25-20-15-19(26-31-20)23(2,3)17-30-21-9-7-8-12-29-21/h6,15,18,21H,7-14,16-17H2,1-5H3,(H,25,27). The molecule has 2 atom stereocenters. The Kier molecular flexibility index (Phi) is 8.95. The summed E-state index contributed by atoms with van der Waals surface area (Å²) in [5, 5.41) is 9.37. The molecule has 2 aliphatic rings. The third kappa shape index (κ3) is 6.65. The summed E-state index contributed by atoms with van der Waals surface area (Å²) < 4.78 is 22.1. The lowest BCUT2D eigenvalue weighted by atomic mass is 9.90. The summed E-state index contributed by atoms with van der Waals surface area (Å²) in [5.74, 6) is 1.97. The summed E-state index contributed by atoms with van der Waals surface area (Å²) in [6.07, 6.45) is 5.15. The van der Waals surface area contributed by atoms with Crippen LogP contribution in [0.5, 0.6) is 0 Å². The third-order valence-electron chi connectivity index (χ3n) is 6.45. The molecule has 0 radical (unpaired) electrons. The van der Waals surface area contributed by atoms with E-state index >= 15 is 0 Å². The van der Waals surface area contributed by atoms with Gasteiger partial charge in [-0.05, 0) is 64.5 Å². The van der Waals surface area contributed by atoms with Crippen molar-refractivity contribution in [2.75, 3.05) is 37.5 Å². The fourth-order valence-electron chi connectivity index (χ4n) is 4.02. The predicted molar refractivity (Wildman–Crippen MR) is 130 cm³/mol. The van der Waals surface area contributed by atoms with Crippen LogP contribution in [-0.4, -0.2) is 59.6 Å². The number of carbonyl (C=O) groups excluding carboxylic acids is 1. The molecule has 0 bridgehead atoms. The largest absolute Gasteiger partial charge is 0.381 e. The molecular weight excluding hydrogens is 428 g/mol. The Labute approximate surface area is 194 Å². The van der Waals surface area contributed by atoms with E-state index in [1.165, 1.54) is 0 Å². The molecule has 1 amide bonds. The molecule has 8 heteroatoms. The van der Waals surface area contributed by atoms with Gasteiger partial charge in [0.05, 0.1) is 17.0 Å². The van der Waals surface area contributed by atoms with Crippen molar-refractivity contribution in [2.45, 2.75) is 83.2 Å². The monoisotopic (exact) mass is 468 g/mol. The first-order valence-corrected chi connectivity index (χ1v) is 13.3. The summed E-state index contributed by atoms with van der Waals surface area (Å²) in [7, 11) is -0.148. The zero-order valence-corrected chi connectivity index (χ0v) is 21.1. The number of ether oxygens (including phenoxy) is 3. The molecule has 1 aromatic rings. The number of nitrogens with one attached hydrogen (secondary N) is 1. The van der Waals surface area contributed by atoms with Crippen LogP contribution in [0.2, 0.25) is 0 Å². The maximum absolute atomic E-state index is 13.2. The van der Waals surface area contributed by atoms with Crippen molar-refractivity contribution in [1.82, 2.24) is 5.16 Å². The van der Waals surface area contributed by atoms with E-state index < -0.39 is 4.75 Å². The van der Waals surface area contributed by atoms with Crippen LogP contribution in [-0.2, 0) is 24.4 Å².